The molecule has 0 fully saturated rings. The fraction of sp³-hybridized carbons (Fsp3) is 0.194. The summed E-state index contributed by atoms with van der Waals surface area (Å²) in [7, 11) is 1.60. The van der Waals surface area contributed by atoms with E-state index in [0.29, 0.717) is 24.7 Å². The molecule has 0 saturated heterocycles. The number of ether oxygens (including phenoxy) is 2. The Bertz CT molecular complexity index is 1720. The summed E-state index contributed by atoms with van der Waals surface area (Å²) in [5.41, 5.74) is 3.57. The zero-order valence-electron chi connectivity index (χ0n) is 21.9. The van der Waals surface area contributed by atoms with Crippen LogP contribution in [0, 0.1) is 30.9 Å². The van der Waals surface area contributed by atoms with Crippen molar-refractivity contribution in [1.29, 1.82) is 0 Å². The van der Waals surface area contributed by atoms with Gasteiger partial charge < -0.3 is 14.0 Å². The van der Waals surface area contributed by atoms with Crippen molar-refractivity contribution in [3.8, 4) is 17.1 Å². The first kappa shape index (κ1) is 26.9. The summed E-state index contributed by atoms with van der Waals surface area (Å²) in [5, 5.41) is 0. The first-order chi connectivity index (χ1) is 19.4. The van der Waals surface area contributed by atoms with E-state index < -0.39 is 17.5 Å². The lowest BCUT2D eigenvalue weighted by atomic mass is 10.0. The minimum absolute atomic E-state index is 0.0379. The minimum Gasteiger partial charge on any atom is -0.473 e. The summed E-state index contributed by atoms with van der Waals surface area (Å²) >= 11 is 0. The molecule has 0 atom stereocenters. The van der Waals surface area contributed by atoms with Gasteiger partial charge in [0, 0.05) is 42.8 Å². The number of imidazole rings is 1. The zero-order chi connectivity index (χ0) is 28.2. The van der Waals surface area contributed by atoms with E-state index in [0.717, 1.165) is 22.7 Å². The van der Waals surface area contributed by atoms with Gasteiger partial charge in [-0.25, -0.2) is 28.0 Å². The molecule has 0 N–H and O–H groups in total. The van der Waals surface area contributed by atoms with Crippen molar-refractivity contribution in [2.24, 2.45) is 0 Å². The number of aromatic nitrogens is 3. The van der Waals surface area contributed by atoms with Crippen LogP contribution in [0.5, 0.6) is 5.88 Å². The second kappa shape index (κ2) is 11.6. The highest BCUT2D eigenvalue weighted by Crippen LogP contribution is 2.28. The van der Waals surface area contributed by atoms with Gasteiger partial charge in [-0.05, 0) is 48.9 Å². The lowest BCUT2D eigenvalue weighted by molar-refractivity contribution is 0.187. The summed E-state index contributed by atoms with van der Waals surface area (Å²) in [5.74, 6) is -1.29. The number of methoxy groups -OCH3 is 1. The third-order valence-electron chi connectivity index (χ3n) is 6.54. The van der Waals surface area contributed by atoms with Gasteiger partial charge in [-0.2, -0.15) is 0 Å². The Kier molecular flexibility index (Phi) is 7.80. The minimum atomic E-state index is -0.716. The molecule has 202 valence electrons. The fourth-order valence-corrected chi connectivity index (χ4v) is 4.46. The van der Waals surface area contributed by atoms with E-state index >= 15 is 8.78 Å². The fourth-order valence-electron chi connectivity index (χ4n) is 4.46. The average Bonchev–Trinajstić information content (AvgIpc) is 3.29. The highest BCUT2D eigenvalue weighted by Gasteiger charge is 2.18. The van der Waals surface area contributed by atoms with Crippen LogP contribution >= 0.6 is 0 Å². The van der Waals surface area contributed by atoms with Crippen molar-refractivity contribution in [2.45, 2.75) is 26.5 Å². The number of nitrogens with zero attached hydrogens (tertiary/aromatic N) is 4. The molecule has 0 unspecified atom stereocenters. The number of pyridine rings is 1. The third-order valence-corrected chi connectivity index (χ3v) is 6.54. The molecule has 9 heteroatoms. The second-order valence-corrected chi connectivity index (χ2v) is 9.30. The maximum atomic E-state index is 15.3. The van der Waals surface area contributed by atoms with Crippen LogP contribution in [-0.2, 0) is 24.3 Å². The molecular formula is C31H25F3N4O2. The van der Waals surface area contributed by atoms with Gasteiger partial charge in [0.25, 0.3) is 0 Å². The lowest BCUT2D eigenvalue weighted by Gasteiger charge is -2.12. The summed E-state index contributed by atoms with van der Waals surface area (Å²) in [4.78, 5) is 12.2. The van der Waals surface area contributed by atoms with E-state index in [9.17, 15) is 4.39 Å². The molecule has 0 radical (unpaired) electrons. The number of benzene rings is 3. The number of aryl methyl sites for hydroxylation is 1. The molecule has 0 aliphatic carbocycles. The molecule has 5 aromatic rings. The molecule has 0 bridgehead atoms. The summed E-state index contributed by atoms with van der Waals surface area (Å²) in [6.45, 7) is 9.76. The van der Waals surface area contributed by atoms with Crippen LogP contribution in [0.3, 0.4) is 0 Å². The smallest absolute Gasteiger partial charge is 0.214 e. The number of rotatable bonds is 9. The lowest BCUT2D eigenvalue weighted by Crippen LogP contribution is -2.10. The van der Waals surface area contributed by atoms with Crippen LogP contribution < -0.4 is 4.74 Å². The zero-order valence-corrected chi connectivity index (χ0v) is 21.9. The summed E-state index contributed by atoms with van der Waals surface area (Å²) < 4.78 is 57.7. The molecule has 3 aromatic carbocycles. The topological polar surface area (TPSA) is 53.5 Å². The molecule has 0 aliphatic rings. The molecule has 40 heavy (non-hydrogen) atoms. The molecule has 2 aromatic heterocycles. The number of hydrogen-bond donors (Lipinski definition) is 0. The van der Waals surface area contributed by atoms with Crippen molar-refractivity contribution in [3.63, 3.8) is 0 Å². The third kappa shape index (κ3) is 5.67. The van der Waals surface area contributed by atoms with Gasteiger partial charge in [-0.3, -0.25) is 0 Å². The van der Waals surface area contributed by atoms with Gasteiger partial charge in [0.05, 0.1) is 29.9 Å². The van der Waals surface area contributed by atoms with Gasteiger partial charge >= 0.3 is 0 Å². The van der Waals surface area contributed by atoms with Crippen LogP contribution in [0.25, 0.3) is 27.1 Å². The summed E-state index contributed by atoms with van der Waals surface area (Å²) in [6, 6.07) is 17.2. The van der Waals surface area contributed by atoms with Gasteiger partial charge in [0.2, 0.25) is 5.88 Å². The van der Waals surface area contributed by atoms with E-state index in [1.54, 1.807) is 25.3 Å². The predicted molar refractivity (Wildman–Crippen MR) is 146 cm³/mol. The highest BCUT2D eigenvalue weighted by molar-refractivity contribution is 5.77. The average molecular weight is 543 g/mol. The number of hydrogen-bond acceptors (Lipinski definition) is 4. The Morgan fingerprint density at radius 2 is 1.73 bits per heavy atom. The van der Waals surface area contributed by atoms with Crippen LogP contribution in [0.15, 0.2) is 66.7 Å². The first-order valence-electron chi connectivity index (χ1n) is 12.5. The van der Waals surface area contributed by atoms with Gasteiger partial charge in [-0.15, -0.1) is 0 Å². The molecule has 0 aliphatic heterocycles. The van der Waals surface area contributed by atoms with E-state index in [1.807, 2.05) is 29.7 Å². The second-order valence-electron chi connectivity index (χ2n) is 9.30. The van der Waals surface area contributed by atoms with Crippen molar-refractivity contribution >= 4 is 16.7 Å². The molecule has 0 spiro atoms. The van der Waals surface area contributed by atoms with E-state index in [1.165, 1.54) is 24.3 Å². The highest BCUT2D eigenvalue weighted by atomic mass is 19.1. The van der Waals surface area contributed by atoms with Gasteiger partial charge in [-0.1, -0.05) is 24.3 Å². The molecule has 6 nitrogen and oxygen atoms in total. The standard InChI is InChI=1S/C31H25F3N4O2/c1-19-7-10-28-29(13-19)38(11-12-39-3)30(36-28)17-23-25(33)14-21(15-26(23)34)27-5-4-6-31(37-27)40-18-20-8-9-22(35-2)16-24(20)32/h4-10,13-16H,11-12,17-18H2,1,3H3. The number of fused-ring (bicyclic) bond motifs is 1. The Labute approximate surface area is 229 Å². The molecule has 0 saturated carbocycles. The normalized spacial score (nSPS) is 11.1. The molecule has 0 amide bonds. The van der Waals surface area contributed by atoms with Crippen molar-refractivity contribution < 1.29 is 22.6 Å². The predicted octanol–water partition coefficient (Wildman–Crippen LogP) is 7.19. The van der Waals surface area contributed by atoms with Crippen molar-refractivity contribution in [3.05, 3.63) is 118 Å². The van der Waals surface area contributed by atoms with Crippen molar-refractivity contribution in [1.82, 2.24) is 14.5 Å². The largest absolute Gasteiger partial charge is 0.473 e. The van der Waals surface area contributed by atoms with Crippen LogP contribution in [0.4, 0.5) is 18.9 Å². The molecule has 2 heterocycles. The molecule has 5 rings (SSSR count). The van der Waals surface area contributed by atoms with Gasteiger partial charge in [0.1, 0.15) is 29.9 Å². The number of halogens is 3. The maximum absolute atomic E-state index is 15.3. The monoisotopic (exact) mass is 542 g/mol. The van der Waals surface area contributed by atoms with Crippen LogP contribution in [0.2, 0.25) is 0 Å². The van der Waals surface area contributed by atoms with Gasteiger partial charge in [0.15, 0.2) is 5.69 Å². The van der Waals surface area contributed by atoms with E-state index in [-0.39, 0.29) is 41.3 Å². The quantitative estimate of drug-likeness (QED) is 0.185. The van der Waals surface area contributed by atoms with Crippen molar-refractivity contribution in [2.75, 3.05) is 13.7 Å². The van der Waals surface area contributed by atoms with E-state index in [4.69, 9.17) is 16.0 Å². The van der Waals surface area contributed by atoms with Crippen LogP contribution in [0.1, 0.15) is 22.5 Å². The summed E-state index contributed by atoms with van der Waals surface area (Å²) in [6.07, 6.45) is -0.0379. The Morgan fingerprint density at radius 1 is 0.925 bits per heavy atom. The first-order valence-corrected chi connectivity index (χ1v) is 12.5. The van der Waals surface area contributed by atoms with Crippen LogP contribution in [-0.4, -0.2) is 28.3 Å². The Balaban J connectivity index is 1.39. The SMILES string of the molecule is [C-]#[N+]c1ccc(COc2cccc(-c3cc(F)c(Cc4nc5ccc(C)cc5n4CCOC)c(F)c3)n2)c(F)c1. The Hall–Kier alpha value is -4.68. The molecular weight excluding hydrogens is 517 g/mol. The van der Waals surface area contributed by atoms with E-state index in [2.05, 4.69) is 14.8 Å². The maximum Gasteiger partial charge on any atom is 0.214 e. The Morgan fingerprint density at radius 3 is 2.45 bits per heavy atom.